The van der Waals surface area contributed by atoms with Crippen LogP contribution < -0.4 is 5.73 Å². The van der Waals surface area contributed by atoms with Crippen molar-refractivity contribution in [3.05, 3.63) is 0 Å². The first-order valence-corrected chi connectivity index (χ1v) is 7.05. The smallest absolute Gasteiger partial charge is 0.0223 e. The number of hydrogen-bond donors (Lipinski definition) is 1. The van der Waals surface area contributed by atoms with Gasteiger partial charge in [-0.2, -0.15) is 0 Å². The standard InChI is InChI=1S/C13H25N3/c14-13(11-4-5-11)10-15-7-8-16-6-2-1-3-12(16)9-15/h11-13H,1-10,14H2. The zero-order chi connectivity index (χ0) is 11.0. The summed E-state index contributed by atoms with van der Waals surface area (Å²) in [5.41, 5.74) is 6.22. The summed E-state index contributed by atoms with van der Waals surface area (Å²) in [6.45, 7) is 6.29. The van der Waals surface area contributed by atoms with E-state index in [0.29, 0.717) is 6.04 Å². The number of nitrogens with zero attached hydrogens (tertiary/aromatic N) is 2. The molecule has 3 nitrogen and oxygen atoms in total. The Kier molecular flexibility index (Phi) is 3.18. The number of piperidine rings is 1. The molecule has 2 heterocycles. The molecule has 3 heteroatoms. The molecule has 0 amide bonds. The summed E-state index contributed by atoms with van der Waals surface area (Å²) in [6, 6.07) is 1.30. The predicted molar refractivity (Wildman–Crippen MR) is 66.4 cm³/mol. The summed E-state index contributed by atoms with van der Waals surface area (Å²) in [7, 11) is 0. The first-order valence-electron chi connectivity index (χ1n) is 7.05. The van der Waals surface area contributed by atoms with Crippen molar-refractivity contribution in [1.82, 2.24) is 9.80 Å². The number of hydrogen-bond acceptors (Lipinski definition) is 3. The fourth-order valence-electron chi connectivity index (χ4n) is 3.36. The van der Waals surface area contributed by atoms with Crippen molar-refractivity contribution in [2.24, 2.45) is 11.7 Å². The average molecular weight is 223 g/mol. The normalized spacial score (nSPS) is 34.7. The number of rotatable bonds is 3. The van der Waals surface area contributed by atoms with E-state index in [0.717, 1.165) is 18.5 Å². The van der Waals surface area contributed by atoms with Crippen LogP contribution in [0.1, 0.15) is 32.1 Å². The minimum absolute atomic E-state index is 0.454. The van der Waals surface area contributed by atoms with E-state index in [1.807, 2.05) is 0 Å². The quantitative estimate of drug-likeness (QED) is 0.771. The Morgan fingerprint density at radius 1 is 1.06 bits per heavy atom. The molecule has 2 N–H and O–H groups in total. The lowest BCUT2D eigenvalue weighted by atomic mass is 9.99. The highest BCUT2D eigenvalue weighted by atomic mass is 15.3. The van der Waals surface area contributed by atoms with Crippen molar-refractivity contribution in [2.75, 3.05) is 32.7 Å². The summed E-state index contributed by atoms with van der Waals surface area (Å²) in [4.78, 5) is 5.32. The Balaban J connectivity index is 1.49. The maximum Gasteiger partial charge on any atom is 0.0223 e. The molecular formula is C13H25N3. The van der Waals surface area contributed by atoms with Gasteiger partial charge in [-0.05, 0) is 38.1 Å². The highest BCUT2D eigenvalue weighted by Crippen LogP contribution is 2.32. The van der Waals surface area contributed by atoms with Crippen molar-refractivity contribution < 1.29 is 0 Å². The van der Waals surface area contributed by atoms with Gasteiger partial charge >= 0.3 is 0 Å². The van der Waals surface area contributed by atoms with Gasteiger partial charge in [0, 0.05) is 38.3 Å². The van der Waals surface area contributed by atoms with E-state index in [-0.39, 0.29) is 0 Å². The van der Waals surface area contributed by atoms with Gasteiger partial charge in [-0.1, -0.05) is 6.42 Å². The zero-order valence-electron chi connectivity index (χ0n) is 10.3. The van der Waals surface area contributed by atoms with Gasteiger partial charge in [-0.15, -0.1) is 0 Å². The van der Waals surface area contributed by atoms with Crippen molar-refractivity contribution in [3.63, 3.8) is 0 Å². The Morgan fingerprint density at radius 2 is 1.94 bits per heavy atom. The fraction of sp³-hybridized carbons (Fsp3) is 1.00. The van der Waals surface area contributed by atoms with Crippen LogP contribution in [0.15, 0.2) is 0 Å². The van der Waals surface area contributed by atoms with Crippen LogP contribution in [0.25, 0.3) is 0 Å². The van der Waals surface area contributed by atoms with Gasteiger partial charge in [0.05, 0.1) is 0 Å². The largest absolute Gasteiger partial charge is 0.326 e. The second kappa shape index (κ2) is 4.63. The van der Waals surface area contributed by atoms with Gasteiger partial charge in [0.25, 0.3) is 0 Å². The molecule has 1 aliphatic carbocycles. The molecule has 2 saturated heterocycles. The molecule has 0 aromatic rings. The SMILES string of the molecule is NC(CN1CCN2CCCCC2C1)C1CC1. The maximum atomic E-state index is 6.22. The Labute approximate surface area is 99.0 Å². The van der Waals surface area contributed by atoms with Gasteiger partial charge < -0.3 is 5.73 Å². The highest BCUT2D eigenvalue weighted by molar-refractivity contribution is 4.90. The molecule has 1 saturated carbocycles. The Bertz CT molecular complexity index is 239. The maximum absolute atomic E-state index is 6.22. The van der Waals surface area contributed by atoms with Gasteiger partial charge in [-0.3, -0.25) is 9.80 Å². The molecule has 16 heavy (non-hydrogen) atoms. The van der Waals surface area contributed by atoms with E-state index in [1.165, 1.54) is 58.3 Å². The molecule has 0 aromatic heterocycles. The summed E-state index contributed by atoms with van der Waals surface area (Å²) >= 11 is 0. The van der Waals surface area contributed by atoms with E-state index in [1.54, 1.807) is 0 Å². The summed E-state index contributed by atoms with van der Waals surface area (Å²) in [6.07, 6.45) is 7.02. The first kappa shape index (κ1) is 11.0. The van der Waals surface area contributed by atoms with Gasteiger partial charge in [0.1, 0.15) is 0 Å². The molecular weight excluding hydrogens is 198 g/mol. The van der Waals surface area contributed by atoms with Crippen LogP contribution in [0.2, 0.25) is 0 Å². The molecule has 0 spiro atoms. The second-order valence-electron chi connectivity index (χ2n) is 5.95. The third-order valence-electron chi connectivity index (χ3n) is 4.62. The van der Waals surface area contributed by atoms with Crippen LogP contribution in [-0.4, -0.2) is 54.6 Å². The van der Waals surface area contributed by atoms with E-state index in [2.05, 4.69) is 9.80 Å². The molecule has 3 rings (SSSR count). The zero-order valence-corrected chi connectivity index (χ0v) is 10.3. The average Bonchev–Trinajstić information content (AvgIpc) is 3.12. The summed E-state index contributed by atoms with van der Waals surface area (Å²) < 4.78 is 0. The van der Waals surface area contributed by atoms with Crippen LogP contribution in [0, 0.1) is 5.92 Å². The second-order valence-corrected chi connectivity index (χ2v) is 5.95. The van der Waals surface area contributed by atoms with Crippen molar-refractivity contribution in [3.8, 4) is 0 Å². The minimum Gasteiger partial charge on any atom is -0.326 e. The molecule has 2 aliphatic heterocycles. The lowest BCUT2D eigenvalue weighted by Crippen LogP contribution is -2.56. The van der Waals surface area contributed by atoms with E-state index < -0.39 is 0 Å². The molecule has 3 fully saturated rings. The monoisotopic (exact) mass is 223 g/mol. The molecule has 0 radical (unpaired) electrons. The van der Waals surface area contributed by atoms with Crippen molar-refractivity contribution in [1.29, 1.82) is 0 Å². The third-order valence-corrected chi connectivity index (χ3v) is 4.62. The lowest BCUT2D eigenvalue weighted by molar-refractivity contribution is 0.0457. The van der Waals surface area contributed by atoms with Crippen molar-refractivity contribution in [2.45, 2.75) is 44.2 Å². The molecule has 0 aromatic carbocycles. The predicted octanol–water partition coefficient (Wildman–Crippen LogP) is 0.894. The molecule has 3 aliphatic rings. The highest BCUT2D eigenvalue weighted by Gasteiger charge is 2.33. The topological polar surface area (TPSA) is 32.5 Å². The third kappa shape index (κ3) is 2.41. The van der Waals surface area contributed by atoms with E-state index in [9.17, 15) is 0 Å². The van der Waals surface area contributed by atoms with Gasteiger partial charge in [0.2, 0.25) is 0 Å². The first-order chi connectivity index (χ1) is 7.83. The van der Waals surface area contributed by atoms with Crippen LogP contribution in [0.3, 0.4) is 0 Å². The van der Waals surface area contributed by atoms with E-state index >= 15 is 0 Å². The summed E-state index contributed by atoms with van der Waals surface area (Å²) in [5, 5.41) is 0. The number of fused-ring (bicyclic) bond motifs is 1. The van der Waals surface area contributed by atoms with Crippen LogP contribution in [-0.2, 0) is 0 Å². The molecule has 2 atom stereocenters. The van der Waals surface area contributed by atoms with E-state index in [4.69, 9.17) is 5.73 Å². The van der Waals surface area contributed by atoms with Crippen LogP contribution in [0.5, 0.6) is 0 Å². The number of nitrogens with two attached hydrogens (primary N) is 1. The minimum atomic E-state index is 0.454. The summed E-state index contributed by atoms with van der Waals surface area (Å²) in [5.74, 6) is 0.851. The van der Waals surface area contributed by atoms with Crippen molar-refractivity contribution >= 4 is 0 Å². The molecule has 0 bridgehead atoms. The van der Waals surface area contributed by atoms with Crippen LogP contribution in [0.4, 0.5) is 0 Å². The van der Waals surface area contributed by atoms with Gasteiger partial charge in [-0.25, -0.2) is 0 Å². The van der Waals surface area contributed by atoms with Crippen LogP contribution >= 0.6 is 0 Å². The Hall–Kier alpha value is -0.120. The number of piperazine rings is 1. The molecule has 2 unspecified atom stereocenters. The fourth-order valence-corrected chi connectivity index (χ4v) is 3.36. The van der Waals surface area contributed by atoms with Gasteiger partial charge in [0.15, 0.2) is 0 Å². The Morgan fingerprint density at radius 3 is 2.75 bits per heavy atom. The molecule has 92 valence electrons. The lowest BCUT2D eigenvalue weighted by Gasteiger charge is -2.44.